The van der Waals surface area contributed by atoms with Crippen LogP contribution in [0.3, 0.4) is 0 Å². The molecule has 5 nitrogen and oxygen atoms in total. The zero-order valence-electron chi connectivity index (χ0n) is 8.38. The molecule has 0 radical (unpaired) electrons. The molecule has 0 aliphatic heterocycles. The second-order valence-corrected chi connectivity index (χ2v) is 3.11. The van der Waals surface area contributed by atoms with Gasteiger partial charge in [0.15, 0.2) is 11.6 Å². The summed E-state index contributed by atoms with van der Waals surface area (Å²) in [5.41, 5.74) is -1.77. The van der Waals surface area contributed by atoms with Crippen LogP contribution in [0.25, 0.3) is 0 Å². The quantitative estimate of drug-likeness (QED) is 0.562. The number of carboxylic acids is 1. The molecule has 0 unspecified atom stereocenters. The number of hydrogen-bond donors (Lipinski definition) is 3. The lowest BCUT2D eigenvalue weighted by atomic mass is 10.1. The third kappa shape index (κ3) is 2.87. The minimum Gasteiger partial charge on any atom is -0.505 e. The molecular formula is C9H5F4NO4. The van der Waals surface area contributed by atoms with Crippen molar-refractivity contribution < 1.29 is 37.4 Å². The minimum atomic E-state index is -5.25. The van der Waals surface area contributed by atoms with Crippen molar-refractivity contribution in [2.45, 2.75) is 6.18 Å². The van der Waals surface area contributed by atoms with Gasteiger partial charge in [0, 0.05) is 6.07 Å². The van der Waals surface area contributed by atoms with Gasteiger partial charge in [-0.3, -0.25) is 4.79 Å². The summed E-state index contributed by atoms with van der Waals surface area (Å²) in [5.74, 6) is -6.60. The third-order valence-electron chi connectivity index (χ3n) is 1.82. The van der Waals surface area contributed by atoms with E-state index in [0.29, 0.717) is 6.07 Å². The highest BCUT2D eigenvalue weighted by atomic mass is 19.4. The van der Waals surface area contributed by atoms with Gasteiger partial charge in [0.2, 0.25) is 0 Å². The first kappa shape index (κ1) is 13.7. The molecule has 0 fully saturated rings. The summed E-state index contributed by atoms with van der Waals surface area (Å²) in [5, 5.41) is 18.7. The standard InChI is InChI=1S/C9H5F4NO4/c10-4-2-5(14-8(18)9(11,12)13)3(7(16)17)1-6(4)15/h1-2,15H,(H,14,18)(H,16,17). The number of alkyl halides is 3. The molecule has 0 spiro atoms. The molecule has 0 aromatic heterocycles. The first-order chi connectivity index (χ1) is 8.12. The lowest BCUT2D eigenvalue weighted by Crippen LogP contribution is -2.30. The third-order valence-corrected chi connectivity index (χ3v) is 1.82. The molecule has 0 aliphatic rings. The number of amides is 1. The molecule has 0 aliphatic carbocycles. The molecule has 1 aromatic rings. The minimum absolute atomic E-state index is 0.280. The number of nitrogens with one attached hydrogen (secondary N) is 1. The number of benzene rings is 1. The summed E-state index contributed by atoms with van der Waals surface area (Å²) in [6.07, 6.45) is -5.25. The van der Waals surface area contributed by atoms with Crippen LogP contribution in [0.15, 0.2) is 12.1 Å². The molecule has 0 atom stereocenters. The SMILES string of the molecule is O=C(O)c1cc(O)c(F)cc1NC(=O)C(F)(F)F. The molecule has 98 valence electrons. The number of carbonyl (C=O) groups excluding carboxylic acids is 1. The summed E-state index contributed by atoms with van der Waals surface area (Å²) in [6, 6.07) is 0.673. The van der Waals surface area contributed by atoms with Crippen LogP contribution in [-0.4, -0.2) is 28.3 Å². The number of anilines is 1. The Morgan fingerprint density at radius 1 is 1.22 bits per heavy atom. The van der Waals surface area contributed by atoms with E-state index in [9.17, 15) is 27.2 Å². The lowest BCUT2D eigenvalue weighted by molar-refractivity contribution is -0.167. The van der Waals surface area contributed by atoms with Crippen LogP contribution in [0, 0.1) is 5.82 Å². The molecule has 0 saturated carbocycles. The van der Waals surface area contributed by atoms with E-state index in [4.69, 9.17) is 10.2 Å². The Balaban J connectivity index is 3.20. The van der Waals surface area contributed by atoms with Crippen molar-refractivity contribution in [3.63, 3.8) is 0 Å². The predicted octanol–water partition coefficient (Wildman–Crippen LogP) is 1.73. The molecule has 18 heavy (non-hydrogen) atoms. The number of aromatic carboxylic acids is 1. The highest BCUT2D eigenvalue weighted by Crippen LogP contribution is 2.27. The van der Waals surface area contributed by atoms with Crippen molar-refractivity contribution >= 4 is 17.6 Å². The van der Waals surface area contributed by atoms with Crippen LogP contribution in [-0.2, 0) is 4.79 Å². The zero-order valence-corrected chi connectivity index (χ0v) is 8.38. The largest absolute Gasteiger partial charge is 0.505 e. The maximum atomic E-state index is 12.9. The van der Waals surface area contributed by atoms with Gasteiger partial charge in [-0.1, -0.05) is 0 Å². The number of hydrogen-bond acceptors (Lipinski definition) is 3. The Kier molecular flexibility index (Phi) is 3.44. The summed E-state index contributed by atoms with van der Waals surface area (Å²) in [4.78, 5) is 21.2. The molecule has 9 heteroatoms. The van der Waals surface area contributed by atoms with Crippen LogP contribution in [0.1, 0.15) is 10.4 Å². The Hall–Kier alpha value is -2.32. The van der Waals surface area contributed by atoms with E-state index >= 15 is 0 Å². The fourth-order valence-corrected chi connectivity index (χ4v) is 1.04. The number of phenols is 1. The van der Waals surface area contributed by atoms with Gasteiger partial charge in [0.25, 0.3) is 0 Å². The van der Waals surface area contributed by atoms with Crippen LogP contribution in [0.2, 0.25) is 0 Å². The van der Waals surface area contributed by atoms with Crippen LogP contribution >= 0.6 is 0 Å². The predicted molar refractivity (Wildman–Crippen MR) is 49.7 cm³/mol. The number of phenolic OH excluding ortho intramolecular Hbond substituents is 1. The average Bonchev–Trinajstić information content (AvgIpc) is 2.21. The number of aromatic hydroxyl groups is 1. The smallest absolute Gasteiger partial charge is 0.471 e. The van der Waals surface area contributed by atoms with Gasteiger partial charge < -0.3 is 15.5 Å². The highest BCUT2D eigenvalue weighted by molar-refractivity contribution is 6.02. The molecule has 0 saturated heterocycles. The van der Waals surface area contributed by atoms with E-state index in [1.807, 2.05) is 0 Å². The van der Waals surface area contributed by atoms with E-state index in [2.05, 4.69) is 0 Å². The van der Waals surface area contributed by atoms with Crippen LogP contribution < -0.4 is 5.32 Å². The summed E-state index contributed by atoms with van der Waals surface area (Å²) < 4.78 is 48.7. The highest BCUT2D eigenvalue weighted by Gasteiger charge is 2.39. The Morgan fingerprint density at radius 3 is 2.22 bits per heavy atom. The Bertz CT molecular complexity index is 512. The lowest BCUT2D eigenvalue weighted by Gasteiger charge is -2.11. The van der Waals surface area contributed by atoms with Gasteiger partial charge in [-0.05, 0) is 6.07 Å². The topological polar surface area (TPSA) is 86.6 Å². The van der Waals surface area contributed by atoms with E-state index in [0.717, 1.165) is 0 Å². The van der Waals surface area contributed by atoms with Crippen molar-refractivity contribution in [1.29, 1.82) is 0 Å². The second-order valence-electron chi connectivity index (χ2n) is 3.11. The molecule has 3 N–H and O–H groups in total. The van der Waals surface area contributed by atoms with E-state index in [1.165, 1.54) is 5.32 Å². The van der Waals surface area contributed by atoms with E-state index < -0.39 is 40.9 Å². The number of carboxylic acid groups (broad SMARTS) is 1. The summed E-state index contributed by atoms with van der Waals surface area (Å²) >= 11 is 0. The fraction of sp³-hybridized carbons (Fsp3) is 0.111. The molecular weight excluding hydrogens is 262 g/mol. The normalized spacial score (nSPS) is 11.1. The molecule has 1 rings (SSSR count). The molecule has 1 aromatic carbocycles. The first-order valence-corrected chi connectivity index (χ1v) is 4.27. The van der Waals surface area contributed by atoms with Crippen molar-refractivity contribution in [2.24, 2.45) is 0 Å². The second kappa shape index (κ2) is 4.51. The maximum Gasteiger partial charge on any atom is 0.471 e. The number of rotatable bonds is 2. The van der Waals surface area contributed by atoms with Gasteiger partial charge in [0.05, 0.1) is 11.3 Å². The number of carbonyl (C=O) groups is 2. The van der Waals surface area contributed by atoms with Gasteiger partial charge in [0.1, 0.15) is 0 Å². The van der Waals surface area contributed by atoms with Crippen LogP contribution in [0.5, 0.6) is 5.75 Å². The van der Waals surface area contributed by atoms with E-state index in [-0.39, 0.29) is 6.07 Å². The van der Waals surface area contributed by atoms with Gasteiger partial charge >= 0.3 is 18.1 Å². The first-order valence-electron chi connectivity index (χ1n) is 4.27. The van der Waals surface area contributed by atoms with Gasteiger partial charge in [-0.25, -0.2) is 9.18 Å². The fourth-order valence-electron chi connectivity index (χ4n) is 1.04. The van der Waals surface area contributed by atoms with Crippen LogP contribution in [0.4, 0.5) is 23.2 Å². The van der Waals surface area contributed by atoms with Gasteiger partial charge in [-0.15, -0.1) is 0 Å². The Labute approximate surface area is 96.6 Å². The van der Waals surface area contributed by atoms with Crippen molar-refractivity contribution in [3.8, 4) is 5.75 Å². The molecule has 0 heterocycles. The summed E-state index contributed by atoms with van der Waals surface area (Å²) in [7, 11) is 0. The molecule has 1 amide bonds. The number of halogens is 4. The molecule has 0 bridgehead atoms. The Morgan fingerprint density at radius 2 is 1.78 bits per heavy atom. The van der Waals surface area contributed by atoms with Crippen molar-refractivity contribution in [2.75, 3.05) is 5.32 Å². The van der Waals surface area contributed by atoms with Crippen molar-refractivity contribution in [3.05, 3.63) is 23.5 Å². The van der Waals surface area contributed by atoms with E-state index in [1.54, 1.807) is 0 Å². The zero-order chi connectivity index (χ0) is 14.1. The maximum absolute atomic E-state index is 12.9. The van der Waals surface area contributed by atoms with Crippen molar-refractivity contribution in [1.82, 2.24) is 0 Å². The van der Waals surface area contributed by atoms with Gasteiger partial charge in [-0.2, -0.15) is 13.2 Å². The monoisotopic (exact) mass is 267 g/mol. The summed E-state index contributed by atoms with van der Waals surface area (Å²) in [6.45, 7) is 0. The average molecular weight is 267 g/mol.